The van der Waals surface area contributed by atoms with Crippen molar-refractivity contribution in [1.29, 1.82) is 0 Å². The van der Waals surface area contributed by atoms with Crippen molar-refractivity contribution in [2.45, 2.75) is 56.5 Å². The number of nitrogens with two attached hydrogens (primary N) is 2. The molecule has 0 radical (unpaired) electrons. The highest BCUT2D eigenvalue weighted by molar-refractivity contribution is 7.80. The summed E-state index contributed by atoms with van der Waals surface area (Å²) in [4.78, 5) is 47.8. The Hall–Kier alpha value is -1.93. The average molecular weight is 438 g/mol. The first-order chi connectivity index (χ1) is 13.6. The van der Waals surface area contributed by atoms with Gasteiger partial charge in [-0.25, -0.2) is 4.79 Å². The smallest absolute Gasteiger partial charge is 0.328 e. The molecule has 0 aliphatic heterocycles. The minimum Gasteiger partial charge on any atom is -0.480 e. The van der Waals surface area contributed by atoms with E-state index in [-0.39, 0.29) is 12.2 Å². The van der Waals surface area contributed by atoms with Crippen LogP contribution in [0.1, 0.15) is 26.2 Å². The summed E-state index contributed by atoms with van der Waals surface area (Å²) in [6.45, 7) is 0.730. The largest absolute Gasteiger partial charge is 0.480 e. The number of carbonyl (C=O) groups is 4. The van der Waals surface area contributed by atoms with Crippen molar-refractivity contribution >= 4 is 36.3 Å². The van der Waals surface area contributed by atoms with Crippen molar-refractivity contribution in [3.8, 4) is 0 Å². The van der Waals surface area contributed by atoms with Crippen LogP contribution in [0.5, 0.6) is 0 Å². The van der Waals surface area contributed by atoms with Crippen LogP contribution in [-0.2, 0) is 19.2 Å². The number of rotatable bonds is 14. The third-order valence-corrected chi connectivity index (χ3v) is 4.37. The zero-order valence-electron chi connectivity index (χ0n) is 16.2. The third kappa shape index (κ3) is 9.89. The quantitative estimate of drug-likeness (QED) is 0.0962. The van der Waals surface area contributed by atoms with Crippen LogP contribution < -0.4 is 27.4 Å². The van der Waals surface area contributed by atoms with Crippen LogP contribution in [0, 0.1) is 0 Å². The second-order valence-corrected chi connectivity index (χ2v) is 6.81. The fourth-order valence-corrected chi connectivity index (χ4v) is 2.40. The predicted molar refractivity (Wildman–Crippen MR) is 107 cm³/mol. The lowest BCUT2D eigenvalue weighted by atomic mass is 10.1. The normalized spacial score (nSPS) is 16.1. The molecule has 3 amide bonds. The van der Waals surface area contributed by atoms with Crippen LogP contribution in [0.15, 0.2) is 0 Å². The minimum absolute atomic E-state index is 0.0550. The van der Waals surface area contributed by atoms with E-state index in [1.54, 1.807) is 0 Å². The summed E-state index contributed by atoms with van der Waals surface area (Å²) in [6.07, 6.45) is -0.0825. The zero-order valence-corrected chi connectivity index (χ0v) is 17.1. The van der Waals surface area contributed by atoms with Crippen LogP contribution in [-0.4, -0.2) is 88.2 Å². The van der Waals surface area contributed by atoms with Crippen molar-refractivity contribution in [2.24, 2.45) is 11.5 Å². The summed E-state index contributed by atoms with van der Waals surface area (Å²) < 4.78 is 0. The Kier molecular flexibility index (Phi) is 13.2. The molecule has 0 saturated heterocycles. The van der Waals surface area contributed by atoms with E-state index in [4.69, 9.17) is 21.7 Å². The number of amides is 3. The lowest BCUT2D eigenvalue weighted by Gasteiger charge is -2.26. The van der Waals surface area contributed by atoms with E-state index in [1.165, 1.54) is 6.92 Å². The van der Waals surface area contributed by atoms with Crippen LogP contribution in [0.2, 0.25) is 0 Å². The number of aliphatic hydroxyl groups is 2. The molecule has 29 heavy (non-hydrogen) atoms. The van der Waals surface area contributed by atoms with Gasteiger partial charge in [0.15, 0.2) is 0 Å². The molecule has 0 fully saturated rings. The number of aliphatic carboxylic acids is 1. The summed E-state index contributed by atoms with van der Waals surface area (Å²) in [5.41, 5.74) is 11.0. The molecule has 12 nitrogen and oxygen atoms in total. The summed E-state index contributed by atoms with van der Waals surface area (Å²) in [5.74, 6) is -3.81. The Balaban J connectivity index is 5.27. The molecular weight excluding hydrogens is 406 g/mol. The number of unbranched alkanes of at least 4 members (excludes halogenated alkanes) is 1. The van der Waals surface area contributed by atoms with Crippen LogP contribution in [0.25, 0.3) is 0 Å². The van der Waals surface area contributed by atoms with Gasteiger partial charge < -0.3 is 42.7 Å². The third-order valence-electron chi connectivity index (χ3n) is 3.97. The zero-order chi connectivity index (χ0) is 22.6. The van der Waals surface area contributed by atoms with Crippen LogP contribution in [0.3, 0.4) is 0 Å². The second kappa shape index (κ2) is 14.1. The molecule has 0 bridgehead atoms. The van der Waals surface area contributed by atoms with Crippen LogP contribution >= 0.6 is 12.6 Å². The maximum atomic E-state index is 12.6. The summed E-state index contributed by atoms with van der Waals surface area (Å²) in [5, 5.41) is 34.5. The number of nitrogens with one attached hydrogen (secondary N) is 3. The van der Waals surface area contributed by atoms with Crippen molar-refractivity contribution in [1.82, 2.24) is 16.0 Å². The first-order valence-electron chi connectivity index (χ1n) is 9.08. The van der Waals surface area contributed by atoms with Crippen molar-refractivity contribution in [3.05, 3.63) is 0 Å². The van der Waals surface area contributed by atoms with E-state index in [0.29, 0.717) is 19.4 Å². The van der Waals surface area contributed by atoms with E-state index in [1.807, 2.05) is 5.32 Å². The highest BCUT2D eigenvalue weighted by Crippen LogP contribution is 2.04. The highest BCUT2D eigenvalue weighted by Gasteiger charge is 2.32. The van der Waals surface area contributed by atoms with E-state index < -0.39 is 60.6 Å². The first-order valence-corrected chi connectivity index (χ1v) is 9.71. The Bertz CT molecular complexity index is 564. The lowest BCUT2D eigenvalue weighted by Crippen LogP contribution is -2.60. The van der Waals surface area contributed by atoms with Crippen molar-refractivity contribution in [3.63, 3.8) is 0 Å². The van der Waals surface area contributed by atoms with E-state index in [9.17, 15) is 24.3 Å². The topological polar surface area (TPSA) is 217 Å². The van der Waals surface area contributed by atoms with Crippen LogP contribution in [0.4, 0.5) is 0 Å². The number of hydrogen-bond acceptors (Lipinski definition) is 9. The molecule has 0 aromatic rings. The Labute approximate surface area is 174 Å². The number of thiol groups is 1. The fraction of sp³-hybridized carbons (Fsp3) is 0.750. The Morgan fingerprint density at radius 1 is 1.00 bits per heavy atom. The molecule has 0 saturated carbocycles. The molecule has 0 spiro atoms. The van der Waals surface area contributed by atoms with Gasteiger partial charge in [0.25, 0.3) is 0 Å². The number of aliphatic hydroxyl groups excluding tert-OH is 2. The average Bonchev–Trinajstić information content (AvgIpc) is 2.67. The monoisotopic (exact) mass is 437 g/mol. The van der Waals surface area contributed by atoms with Gasteiger partial charge in [-0.2, -0.15) is 12.6 Å². The molecule has 0 aromatic heterocycles. The lowest BCUT2D eigenvalue weighted by molar-refractivity contribution is -0.144. The molecule has 13 heteroatoms. The summed E-state index contributed by atoms with van der Waals surface area (Å²) in [6, 6.07) is -5.11. The van der Waals surface area contributed by atoms with Gasteiger partial charge in [-0.15, -0.1) is 0 Å². The van der Waals surface area contributed by atoms with Gasteiger partial charge in [0, 0.05) is 5.75 Å². The number of carboxylic acid groups (broad SMARTS) is 1. The first kappa shape index (κ1) is 27.1. The van der Waals surface area contributed by atoms with Gasteiger partial charge in [0.2, 0.25) is 17.7 Å². The number of carboxylic acids is 1. The van der Waals surface area contributed by atoms with Crippen molar-refractivity contribution in [2.75, 3.05) is 18.9 Å². The molecule has 0 aromatic carbocycles. The number of carbonyl (C=O) groups excluding carboxylic acids is 3. The summed E-state index contributed by atoms with van der Waals surface area (Å²) in [7, 11) is 0. The number of hydrogen-bond donors (Lipinski definition) is 9. The molecule has 0 aliphatic carbocycles. The maximum Gasteiger partial charge on any atom is 0.328 e. The second-order valence-electron chi connectivity index (χ2n) is 6.44. The SMILES string of the molecule is CC(O)C(NC(=O)C(CCCCN)NC(=O)C(N)CS)C(=O)NC(CO)C(=O)O. The molecule has 5 unspecified atom stereocenters. The van der Waals surface area contributed by atoms with E-state index in [0.717, 1.165) is 0 Å². The molecule has 10 N–H and O–H groups in total. The van der Waals surface area contributed by atoms with Gasteiger partial charge in [-0.05, 0) is 32.7 Å². The highest BCUT2D eigenvalue weighted by atomic mass is 32.1. The minimum atomic E-state index is -1.60. The molecule has 0 heterocycles. The summed E-state index contributed by atoms with van der Waals surface area (Å²) >= 11 is 3.92. The Morgan fingerprint density at radius 2 is 1.59 bits per heavy atom. The van der Waals surface area contributed by atoms with Gasteiger partial charge in [-0.3, -0.25) is 14.4 Å². The maximum absolute atomic E-state index is 12.6. The van der Waals surface area contributed by atoms with Crippen molar-refractivity contribution < 1.29 is 34.5 Å². The van der Waals surface area contributed by atoms with Gasteiger partial charge in [-0.1, -0.05) is 0 Å². The van der Waals surface area contributed by atoms with E-state index >= 15 is 0 Å². The van der Waals surface area contributed by atoms with E-state index in [2.05, 4.69) is 23.3 Å². The molecule has 0 rings (SSSR count). The van der Waals surface area contributed by atoms with Gasteiger partial charge in [0.05, 0.1) is 18.8 Å². The fourth-order valence-electron chi connectivity index (χ4n) is 2.23. The molecule has 0 aliphatic rings. The molecular formula is C16H31N5O7S. The Morgan fingerprint density at radius 3 is 2.03 bits per heavy atom. The molecule has 168 valence electrons. The predicted octanol–water partition coefficient (Wildman–Crippen LogP) is -3.72. The van der Waals surface area contributed by atoms with Gasteiger partial charge in [0.1, 0.15) is 18.1 Å². The standard InChI is InChI=1S/C16H31N5O7S/c1-8(23)12(15(26)20-11(6-22)16(27)28)21-14(25)10(4-2-3-5-17)19-13(24)9(18)7-29/h8-12,22-23,29H,2-7,17-18H2,1H3,(H,19,24)(H,20,26)(H,21,25)(H,27,28). The van der Waals surface area contributed by atoms with Gasteiger partial charge >= 0.3 is 5.97 Å². The molecule has 5 atom stereocenters.